The Morgan fingerprint density at radius 2 is 0.982 bits per heavy atom. The van der Waals surface area contributed by atoms with Gasteiger partial charge in [0.2, 0.25) is 0 Å². The average molecular weight is 806 g/mol. The second-order valence-electron chi connectivity index (χ2n) is 15.3. The number of carbonyl (C=O) groups is 2. The molecule has 10 heteroatoms. The van der Waals surface area contributed by atoms with Crippen LogP contribution in [0, 0.1) is 0 Å². The summed E-state index contributed by atoms with van der Waals surface area (Å²) < 4.78 is 33.8. The Balaban J connectivity index is 4.54. The highest BCUT2D eigenvalue weighted by molar-refractivity contribution is 7.45. The van der Waals surface area contributed by atoms with Crippen molar-refractivity contribution < 1.29 is 42.1 Å². The zero-order valence-corrected chi connectivity index (χ0v) is 36.9. The van der Waals surface area contributed by atoms with Gasteiger partial charge in [0, 0.05) is 12.8 Å². The molecule has 0 aromatic heterocycles. The smallest absolute Gasteiger partial charge is 0.306 e. The van der Waals surface area contributed by atoms with Gasteiger partial charge in [0.05, 0.1) is 27.7 Å². The number of rotatable bonds is 38. The molecule has 0 radical (unpaired) electrons. The van der Waals surface area contributed by atoms with Crippen molar-refractivity contribution in [2.45, 2.75) is 161 Å². The summed E-state index contributed by atoms with van der Waals surface area (Å²) in [5.74, 6) is -0.945. The minimum absolute atomic E-state index is 0.0493. The van der Waals surface area contributed by atoms with E-state index in [1.165, 1.54) is 64.2 Å². The van der Waals surface area contributed by atoms with Crippen LogP contribution in [0.5, 0.6) is 0 Å². The summed E-state index contributed by atoms with van der Waals surface area (Å²) in [6.07, 6.45) is 46.5. The van der Waals surface area contributed by atoms with E-state index in [1.54, 1.807) is 0 Å². The molecule has 0 aromatic rings. The first-order valence-electron chi connectivity index (χ1n) is 21.6. The lowest BCUT2D eigenvalue weighted by Crippen LogP contribution is -2.37. The number of unbranched alkanes of at least 4 members (excludes halogenated alkanes) is 12. The summed E-state index contributed by atoms with van der Waals surface area (Å²) in [6.45, 7) is 4.07. The predicted octanol–water partition coefficient (Wildman–Crippen LogP) is 11.6. The van der Waals surface area contributed by atoms with Crippen molar-refractivity contribution in [3.8, 4) is 0 Å². The number of ether oxygens (including phenoxy) is 2. The van der Waals surface area contributed by atoms with Crippen molar-refractivity contribution in [1.29, 1.82) is 0 Å². The van der Waals surface area contributed by atoms with Crippen molar-refractivity contribution in [3.05, 3.63) is 72.9 Å². The Hall–Kier alpha value is -2.55. The number of esters is 2. The largest absolute Gasteiger partial charge is 0.756 e. The Labute approximate surface area is 342 Å². The summed E-state index contributed by atoms with van der Waals surface area (Å²) in [7, 11) is 1.10. The van der Waals surface area contributed by atoms with E-state index in [0.29, 0.717) is 30.3 Å². The third-order valence-corrected chi connectivity index (χ3v) is 9.66. The number of carbonyl (C=O) groups excluding carboxylic acids is 2. The molecule has 0 aliphatic rings. The molecule has 0 heterocycles. The molecular formula is C46H80NO8P. The van der Waals surface area contributed by atoms with Gasteiger partial charge in [0.25, 0.3) is 7.82 Å². The number of phosphoric ester groups is 1. The Morgan fingerprint density at radius 1 is 0.554 bits per heavy atom. The Morgan fingerprint density at radius 3 is 1.52 bits per heavy atom. The standard InChI is InChI=1S/C46H80NO8P/c1-6-8-10-12-14-16-18-20-22-23-25-27-29-31-33-35-37-39-46(49)55-44(43-54-56(50,51)53-41-40-47(3,4)5)42-52-45(48)38-36-34-32-30-28-26-24-21-19-17-15-13-11-9-7-2/h14,16,20-22,24-25,27-28,30-31,33,44H,6-13,15,17-19,23,26,29,32,34-43H2,1-5H3/b16-14+,22-20+,24-21+,27-25+,30-28+,33-31+/t44-/m1/s1. The molecule has 9 nitrogen and oxygen atoms in total. The molecule has 0 saturated heterocycles. The van der Waals surface area contributed by atoms with Crippen molar-refractivity contribution in [3.63, 3.8) is 0 Å². The molecular weight excluding hydrogens is 725 g/mol. The van der Waals surface area contributed by atoms with Gasteiger partial charge < -0.3 is 27.9 Å². The first-order chi connectivity index (χ1) is 27.0. The van der Waals surface area contributed by atoms with E-state index >= 15 is 0 Å². The molecule has 56 heavy (non-hydrogen) atoms. The molecule has 0 fully saturated rings. The lowest BCUT2D eigenvalue weighted by Gasteiger charge is -2.28. The monoisotopic (exact) mass is 806 g/mol. The van der Waals surface area contributed by atoms with Crippen LogP contribution in [0.15, 0.2) is 72.9 Å². The van der Waals surface area contributed by atoms with Gasteiger partial charge in [-0.25, -0.2) is 0 Å². The molecule has 0 bridgehead atoms. The lowest BCUT2D eigenvalue weighted by molar-refractivity contribution is -0.870. The van der Waals surface area contributed by atoms with E-state index < -0.39 is 32.5 Å². The number of hydrogen-bond acceptors (Lipinski definition) is 8. The highest BCUT2D eigenvalue weighted by Crippen LogP contribution is 2.38. The number of hydrogen-bond donors (Lipinski definition) is 0. The fourth-order valence-corrected chi connectivity index (χ4v) is 5.99. The molecule has 0 aromatic carbocycles. The molecule has 0 saturated carbocycles. The summed E-state index contributed by atoms with van der Waals surface area (Å²) in [5, 5.41) is 0. The van der Waals surface area contributed by atoms with Crippen LogP contribution in [-0.4, -0.2) is 70.0 Å². The van der Waals surface area contributed by atoms with Crippen LogP contribution >= 0.6 is 7.82 Å². The molecule has 0 aliphatic carbocycles. The van der Waals surface area contributed by atoms with E-state index in [9.17, 15) is 19.0 Å². The van der Waals surface area contributed by atoms with E-state index in [-0.39, 0.29) is 26.1 Å². The SMILES string of the molecule is CCCCC/C=C/C/C=C/C/C=C/C/C=C/CCCC(=O)O[C@H](COC(=O)CCCC/C=C/C/C=C/CCCCCCCC)COP(=O)([O-])OCC[N+](C)(C)C. The molecule has 0 rings (SSSR count). The normalized spacial score (nSPS) is 14.3. The minimum Gasteiger partial charge on any atom is -0.756 e. The zero-order valence-electron chi connectivity index (χ0n) is 36.1. The molecule has 0 amide bonds. The summed E-state index contributed by atoms with van der Waals surface area (Å²) in [5.41, 5.74) is 0. The predicted molar refractivity (Wildman–Crippen MR) is 231 cm³/mol. The van der Waals surface area contributed by atoms with E-state index in [1.807, 2.05) is 27.2 Å². The van der Waals surface area contributed by atoms with Crippen LogP contribution in [0.1, 0.15) is 155 Å². The van der Waals surface area contributed by atoms with Crippen molar-refractivity contribution in [1.82, 2.24) is 0 Å². The highest BCUT2D eigenvalue weighted by Gasteiger charge is 2.21. The summed E-state index contributed by atoms with van der Waals surface area (Å²) in [4.78, 5) is 37.5. The quantitative estimate of drug-likeness (QED) is 0.0199. The van der Waals surface area contributed by atoms with Gasteiger partial charge in [0.15, 0.2) is 6.10 Å². The van der Waals surface area contributed by atoms with Crippen LogP contribution < -0.4 is 4.89 Å². The molecule has 2 atom stereocenters. The Bertz CT molecular complexity index is 1180. The van der Waals surface area contributed by atoms with Crippen LogP contribution in [-0.2, 0) is 32.7 Å². The fraction of sp³-hybridized carbons (Fsp3) is 0.696. The summed E-state index contributed by atoms with van der Waals surface area (Å²) >= 11 is 0. The van der Waals surface area contributed by atoms with Gasteiger partial charge in [-0.1, -0.05) is 132 Å². The third-order valence-electron chi connectivity index (χ3n) is 8.70. The average Bonchev–Trinajstić information content (AvgIpc) is 3.15. The minimum atomic E-state index is -4.65. The lowest BCUT2D eigenvalue weighted by atomic mass is 10.1. The van der Waals surface area contributed by atoms with Gasteiger partial charge in [0.1, 0.15) is 19.8 Å². The van der Waals surface area contributed by atoms with Gasteiger partial charge in [-0.2, -0.15) is 0 Å². The fourth-order valence-electron chi connectivity index (χ4n) is 5.26. The van der Waals surface area contributed by atoms with Crippen molar-refractivity contribution in [2.24, 2.45) is 0 Å². The zero-order chi connectivity index (χ0) is 41.4. The maximum absolute atomic E-state index is 12.6. The molecule has 0 N–H and O–H groups in total. The van der Waals surface area contributed by atoms with Crippen LogP contribution in [0.2, 0.25) is 0 Å². The van der Waals surface area contributed by atoms with Crippen molar-refractivity contribution in [2.75, 3.05) is 47.5 Å². The maximum atomic E-state index is 12.6. The van der Waals surface area contributed by atoms with Gasteiger partial charge in [-0.05, 0) is 83.5 Å². The third kappa shape index (κ3) is 41.1. The van der Waals surface area contributed by atoms with E-state index in [0.717, 1.165) is 44.9 Å². The topological polar surface area (TPSA) is 111 Å². The van der Waals surface area contributed by atoms with Gasteiger partial charge >= 0.3 is 11.9 Å². The Kier molecular flexibility index (Phi) is 36.3. The first-order valence-corrected chi connectivity index (χ1v) is 23.1. The number of allylic oxidation sites excluding steroid dienone is 12. The molecule has 0 aliphatic heterocycles. The summed E-state index contributed by atoms with van der Waals surface area (Å²) in [6, 6.07) is 0. The first kappa shape index (κ1) is 53.5. The maximum Gasteiger partial charge on any atom is 0.306 e. The van der Waals surface area contributed by atoms with Crippen molar-refractivity contribution >= 4 is 19.8 Å². The second kappa shape index (κ2) is 38.0. The number of nitrogens with zero attached hydrogens (tertiary/aromatic N) is 1. The van der Waals surface area contributed by atoms with E-state index in [4.69, 9.17) is 18.5 Å². The van der Waals surface area contributed by atoms with Crippen LogP contribution in [0.3, 0.4) is 0 Å². The highest BCUT2D eigenvalue weighted by atomic mass is 31.2. The van der Waals surface area contributed by atoms with Crippen LogP contribution in [0.25, 0.3) is 0 Å². The number of quaternary nitrogens is 1. The second-order valence-corrected chi connectivity index (χ2v) is 16.8. The number of likely N-dealkylation sites (N-methyl/N-ethyl adjacent to an activating group) is 1. The van der Waals surface area contributed by atoms with Gasteiger partial charge in [-0.3, -0.25) is 14.2 Å². The van der Waals surface area contributed by atoms with Crippen LogP contribution in [0.4, 0.5) is 0 Å². The molecule has 0 spiro atoms. The molecule has 322 valence electrons. The van der Waals surface area contributed by atoms with Gasteiger partial charge in [-0.15, -0.1) is 0 Å². The van der Waals surface area contributed by atoms with E-state index in [2.05, 4.69) is 80.7 Å². The molecule has 1 unspecified atom stereocenters. The number of phosphoric acid groups is 1.